The van der Waals surface area contributed by atoms with Crippen molar-refractivity contribution < 1.29 is 18.8 Å². The lowest BCUT2D eigenvalue weighted by atomic mass is 9.73. The first-order valence-electron chi connectivity index (χ1n) is 8.86. The Morgan fingerprint density at radius 3 is 2.33 bits per heavy atom. The lowest BCUT2D eigenvalue weighted by Crippen LogP contribution is -2.41. The van der Waals surface area contributed by atoms with E-state index in [0.717, 1.165) is 30.3 Å². The van der Waals surface area contributed by atoms with Gasteiger partial charge in [0.05, 0.1) is 23.4 Å². The topological polar surface area (TPSA) is 44.8 Å². The maximum Gasteiger partial charge on any atom is 0.495 e. The van der Waals surface area contributed by atoms with Crippen LogP contribution in [0.15, 0.2) is 6.07 Å². The summed E-state index contributed by atoms with van der Waals surface area (Å²) in [6, 6.07) is 1.93. The Bertz CT molecular complexity index is 662. The molecule has 1 aliphatic heterocycles. The minimum Gasteiger partial charge on any atom is -0.462 e. The molecule has 1 aliphatic carbocycles. The van der Waals surface area contributed by atoms with Crippen LogP contribution in [0.2, 0.25) is 0 Å². The molecular weight excluding hydrogens is 303 g/mol. The molecule has 0 radical (unpaired) electrons. The highest BCUT2D eigenvalue weighted by atomic mass is 16.7. The van der Waals surface area contributed by atoms with Crippen LogP contribution in [-0.2, 0) is 26.9 Å². The third-order valence-corrected chi connectivity index (χ3v) is 5.73. The SMILES string of the molecule is CCOC(=O)c1cc(B2OC(C)(C)C(C)(C)O2)c(C)c2c1CCC2. The summed E-state index contributed by atoms with van der Waals surface area (Å²) < 4.78 is 17.7. The van der Waals surface area contributed by atoms with Crippen molar-refractivity contribution in [3.63, 3.8) is 0 Å². The Morgan fingerprint density at radius 1 is 1.17 bits per heavy atom. The molecule has 0 atom stereocenters. The quantitative estimate of drug-likeness (QED) is 0.631. The van der Waals surface area contributed by atoms with Crippen LogP contribution in [0.4, 0.5) is 0 Å². The van der Waals surface area contributed by atoms with Crippen molar-refractivity contribution in [3.05, 3.63) is 28.3 Å². The van der Waals surface area contributed by atoms with Crippen LogP contribution in [-0.4, -0.2) is 30.9 Å². The van der Waals surface area contributed by atoms with E-state index in [4.69, 9.17) is 14.0 Å². The van der Waals surface area contributed by atoms with Gasteiger partial charge in [-0.2, -0.15) is 0 Å². The van der Waals surface area contributed by atoms with E-state index in [1.54, 1.807) is 0 Å². The number of hydrogen-bond donors (Lipinski definition) is 0. The van der Waals surface area contributed by atoms with Crippen molar-refractivity contribution in [1.82, 2.24) is 0 Å². The second-order valence-electron chi connectivity index (χ2n) is 7.76. The van der Waals surface area contributed by atoms with Gasteiger partial charge in [0, 0.05) is 0 Å². The first-order chi connectivity index (χ1) is 11.2. The summed E-state index contributed by atoms with van der Waals surface area (Å²) in [4.78, 5) is 12.4. The highest BCUT2D eigenvalue weighted by Gasteiger charge is 2.52. The molecular formula is C19H27BO4. The molecule has 2 aliphatic rings. The monoisotopic (exact) mass is 330 g/mol. The average molecular weight is 330 g/mol. The van der Waals surface area contributed by atoms with Crippen LogP contribution >= 0.6 is 0 Å². The van der Waals surface area contributed by atoms with Gasteiger partial charge >= 0.3 is 13.1 Å². The van der Waals surface area contributed by atoms with Crippen molar-refractivity contribution >= 4 is 18.6 Å². The lowest BCUT2D eigenvalue weighted by molar-refractivity contribution is 0.00578. The molecule has 1 fully saturated rings. The first kappa shape index (κ1) is 17.5. The van der Waals surface area contributed by atoms with Gasteiger partial charge in [-0.1, -0.05) is 0 Å². The molecule has 1 aromatic carbocycles. The van der Waals surface area contributed by atoms with Crippen LogP contribution in [0.1, 0.15) is 68.1 Å². The second kappa shape index (κ2) is 5.89. The Labute approximate surface area is 145 Å². The maximum atomic E-state index is 12.4. The van der Waals surface area contributed by atoms with E-state index in [9.17, 15) is 4.79 Å². The third kappa shape index (κ3) is 2.68. The number of ether oxygens (including phenoxy) is 1. The smallest absolute Gasteiger partial charge is 0.462 e. The molecule has 3 rings (SSSR count). The summed E-state index contributed by atoms with van der Waals surface area (Å²) >= 11 is 0. The van der Waals surface area contributed by atoms with Crippen LogP contribution in [0.3, 0.4) is 0 Å². The van der Waals surface area contributed by atoms with E-state index < -0.39 is 18.3 Å². The molecule has 0 aromatic heterocycles. The summed E-state index contributed by atoms with van der Waals surface area (Å²) in [5, 5.41) is 0. The molecule has 0 saturated carbocycles. The lowest BCUT2D eigenvalue weighted by Gasteiger charge is -2.32. The predicted molar refractivity (Wildman–Crippen MR) is 94.9 cm³/mol. The fraction of sp³-hybridized carbons (Fsp3) is 0.632. The Kier molecular flexibility index (Phi) is 4.29. The van der Waals surface area contributed by atoms with Gasteiger partial charge in [-0.3, -0.25) is 0 Å². The molecule has 0 amide bonds. The summed E-state index contributed by atoms with van der Waals surface area (Å²) in [5.74, 6) is -0.242. The molecule has 0 N–H and O–H groups in total. The van der Waals surface area contributed by atoms with E-state index in [1.165, 1.54) is 11.1 Å². The number of carbonyl (C=O) groups is 1. The average Bonchev–Trinajstić information content (AvgIpc) is 3.03. The summed E-state index contributed by atoms with van der Waals surface area (Å²) in [7, 11) is -0.450. The zero-order valence-corrected chi connectivity index (χ0v) is 15.6. The van der Waals surface area contributed by atoms with E-state index in [-0.39, 0.29) is 5.97 Å². The minimum absolute atomic E-state index is 0.242. The summed E-state index contributed by atoms with van der Waals surface area (Å²) in [6.07, 6.45) is 3.02. The van der Waals surface area contributed by atoms with Crippen molar-refractivity contribution in [1.29, 1.82) is 0 Å². The van der Waals surface area contributed by atoms with Gasteiger partial charge in [-0.25, -0.2) is 4.79 Å². The van der Waals surface area contributed by atoms with Crippen molar-refractivity contribution in [2.75, 3.05) is 6.61 Å². The zero-order chi connectivity index (χ0) is 17.7. The van der Waals surface area contributed by atoms with Crippen LogP contribution < -0.4 is 5.46 Å². The normalized spacial score (nSPS) is 21.0. The Hall–Kier alpha value is -1.33. The molecule has 0 bridgehead atoms. The van der Waals surface area contributed by atoms with Gasteiger partial charge in [-0.05, 0) is 89.0 Å². The zero-order valence-electron chi connectivity index (χ0n) is 15.6. The van der Waals surface area contributed by atoms with Crippen molar-refractivity contribution in [2.45, 2.75) is 72.0 Å². The fourth-order valence-corrected chi connectivity index (χ4v) is 3.59. The second-order valence-corrected chi connectivity index (χ2v) is 7.76. The summed E-state index contributed by atoms with van der Waals surface area (Å²) in [6.45, 7) is 12.5. The Morgan fingerprint density at radius 2 is 1.75 bits per heavy atom. The number of esters is 1. The molecule has 0 spiro atoms. The molecule has 4 nitrogen and oxygen atoms in total. The van der Waals surface area contributed by atoms with Crippen LogP contribution in [0.25, 0.3) is 0 Å². The number of benzene rings is 1. The van der Waals surface area contributed by atoms with Gasteiger partial charge in [0.15, 0.2) is 0 Å². The maximum absolute atomic E-state index is 12.4. The first-order valence-corrected chi connectivity index (χ1v) is 8.86. The van der Waals surface area contributed by atoms with E-state index in [0.29, 0.717) is 12.2 Å². The van der Waals surface area contributed by atoms with E-state index in [1.807, 2.05) is 40.7 Å². The molecule has 1 aromatic rings. The number of rotatable bonds is 3. The molecule has 1 heterocycles. The Balaban J connectivity index is 2.07. The van der Waals surface area contributed by atoms with Gasteiger partial charge < -0.3 is 14.0 Å². The molecule has 24 heavy (non-hydrogen) atoms. The van der Waals surface area contributed by atoms with Gasteiger partial charge in [0.25, 0.3) is 0 Å². The van der Waals surface area contributed by atoms with Gasteiger partial charge in [-0.15, -0.1) is 0 Å². The molecule has 130 valence electrons. The van der Waals surface area contributed by atoms with E-state index in [2.05, 4.69) is 6.92 Å². The van der Waals surface area contributed by atoms with E-state index >= 15 is 0 Å². The van der Waals surface area contributed by atoms with Crippen molar-refractivity contribution in [2.24, 2.45) is 0 Å². The highest BCUT2D eigenvalue weighted by molar-refractivity contribution is 6.62. The fourth-order valence-electron chi connectivity index (χ4n) is 3.59. The van der Waals surface area contributed by atoms with Crippen molar-refractivity contribution in [3.8, 4) is 0 Å². The van der Waals surface area contributed by atoms with Gasteiger partial charge in [0.2, 0.25) is 0 Å². The highest BCUT2D eigenvalue weighted by Crippen LogP contribution is 2.37. The predicted octanol–water partition coefficient (Wildman–Crippen LogP) is 2.96. The van der Waals surface area contributed by atoms with Crippen LogP contribution in [0.5, 0.6) is 0 Å². The third-order valence-electron chi connectivity index (χ3n) is 5.73. The largest absolute Gasteiger partial charge is 0.495 e. The standard InChI is InChI=1S/C19H27BO4/c1-7-22-17(21)15-11-16(12(2)13-9-8-10-14(13)15)20-23-18(3,4)19(5,6)24-20/h11H,7-10H2,1-6H3. The summed E-state index contributed by atoms with van der Waals surface area (Å²) in [5.41, 5.74) is 4.45. The number of fused-ring (bicyclic) bond motifs is 1. The molecule has 5 heteroatoms. The molecule has 1 saturated heterocycles. The minimum atomic E-state index is -0.450. The number of hydrogen-bond acceptors (Lipinski definition) is 4. The molecule has 0 unspecified atom stereocenters. The van der Waals surface area contributed by atoms with Crippen LogP contribution in [0, 0.1) is 6.92 Å². The number of carbonyl (C=O) groups excluding carboxylic acids is 1. The van der Waals surface area contributed by atoms with Gasteiger partial charge in [0.1, 0.15) is 0 Å².